The van der Waals surface area contributed by atoms with Crippen molar-refractivity contribution in [3.05, 3.63) is 101 Å². The number of nitrogens with zero attached hydrogens (tertiary/aromatic N) is 2. The molecule has 9 nitrogen and oxygen atoms in total. The third kappa shape index (κ3) is 6.49. The molecule has 38 heavy (non-hydrogen) atoms. The van der Waals surface area contributed by atoms with Crippen LogP contribution in [0.2, 0.25) is 5.02 Å². The molecule has 1 amide bonds. The number of ether oxygens (including phenoxy) is 2. The summed E-state index contributed by atoms with van der Waals surface area (Å²) < 4.78 is 16.3. The molecule has 0 spiro atoms. The zero-order chi connectivity index (χ0) is 27.1. The van der Waals surface area contributed by atoms with Crippen LogP contribution in [0.1, 0.15) is 36.6 Å². The second-order valence-corrected chi connectivity index (χ2v) is 9.20. The Morgan fingerprint density at radius 2 is 1.84 bits per heavy atom. The highest BCUT2D eigenvalue weighted by atomic mass is 35.5. The minimum absolute atomic E-state index is 0.0965. The first-order valence-corrected chi connectivity index (χ1v) is 12.2. The molecule has 4 rings (SSSR count). The number of benzene rings is 2. The molecule has 2 N–H and O–H groups in total. The lowest BCUT2D eigenvalue weighted by Gasteiger charge is -2.25. The molecule has 0 aliphatic carbocycles. The lowest BCUT2D eigenvalue weighted by atomic mass is 9.96. The lowest BCUT2D eigenvalue weighted by molar-refractivity contribution is -0.153. The van der Waals surface area contributed by atoms with E-state index in [1.54, 1.807) is 37.3 Å². The Morgan fingerprint density at radius 3 is 2.53 bits per heavy atom. The van der Waals surface area contributed by atoms with Crippen LogP contribution in [0.4, 0.5) is 4.79 Å². The van der Waals surface area contributed by atoms with Gasteiger partial charge in [0.2, 0.25) is 11.5 Å². The van der Waals surface area contributed by atoms with Crippen LogP contribution in [0, 0.1) is 0 Å². The molecule has 0 aliphatic rings. The van der Waals surface area contributed by atoms with Gasteiger partial charge >= 0.3 is 12.1 Å². The van der Waals surface area contributed by atoms with E-state index in [1.807, 2.05) is 36.4 Å². The molecule has 0 bridgehead atoms. The first-order chi connectivity index (χ1) is 18.2. The number of halogens is 1. The molecule has 2 heterocycles. The van der Waals surface area contributed by atoms with Crippen LogP contribution in [-0.4, -0.2) is 32.9 Å². The summed E-state index contributed by atoms with van der Waals surface area (Å²) in [4.78, 5) is 28.6. The number of hydrogen-bond donors (Lipinski definition) is 2. The number of rotatable bonds is 10. The summed E-state index contributed by atoms with van der Waals surface area (Å²) in [5.74, 6) is -0.956. The van der Waals surface area contributed by atoms with Crippen LogP contribution >= 0.6 is 11.6 Å². The third-order valence-electron chi connectivity index (χ3n) is 5.87. The molecule has 0 fully saturated rings. The van der Waals surface area contributed by atoms with Gasteiger partial charge in [0, 0.05) is 40.4 Å². The maximum Gasteiger partial charge on any atom is 0.408 e. The van der Waals surface area contributed by atoms with Crippen LogP contribution in [0.3, 0.4) is 0 Å². The third-order valence-corrected chi connectivity index (χ3v) is 6.21. The summed E-state index contributed by atoms with van der Waals surface area (Å²) in [7, 11) is 0. The maximum atomic E-state index is 12.3. The van der Waals surface area contributed by atoms with E-state index in [9.17, 15) is 14.7 Å². The van der Waals surface area contributed by atoms with Crippen molar-refractivity contribution in [1.82, 2.24) is 15.5 Å². The van der Waals surface area contributed by atoms with Crippen molar-refractivity contribution in [2.45, 2.75) is 38.5 Å². The number of alkyl carbamates (subject to hydrolysis) is 1. The standard InChI is InChI=1S/C28H26ClN3O6/c1-18(22-10-6-7-11-23(22)29)37-27(35)31-16-21-17-36-32-25(21)20-12-13-24(30-15-20)38-28(2,26(33)34)14-19-8-4-3-5-9-19/h3-13,15,17-18H,14,16H2,1-2H3,(H,31,35)(H,33,34). The van der Waals surface area contributed by atoms with Crippen molar-refractivity contribution in [1.29, 1.82) is 0 Å². The Balaban J connectivity index is 1.39. The van der Waals surface area contributed by atoms with E-state index < -0.39 is 23.8 Å². The van der Waals surface area contributed by atoms with Gasteiger partial charge in [-0.2, -0.15) is 0 Å². The zero-order valence-corrected chi connectivity index (χ0v) is 21.5. The summed E-state index contributed by atoms with van der Waals surface area (Å²) >= 11 is 6.17. The summed E-state index contributed by atoms with van der Waals surface area (Å²) in [6, 6.07) is 19.6. The maximum absolute atomic E-state index is 12.3. The molecule has 0 saturated heterocycles. The molecule has 0 aliphatic heterocycles. The highest BCUT2D eigenvalue weighted by Gasteiger charge is 2.36. The topological polar surface area (TPSA) is 124 Å². The first kappa shape index (κ1) is 26.7. The highest BCUT2D eigenvalue weighted by Crippen LogP contribution is 2.27. The largest absolute Gasteiger partial charge is 0.478 e. The fourth-order valence-corrected chi connectivity index (χ4v) is 4.10. The number of aliphatic carboxylic acids is 1. The second-order valence-electron chi connectivity index (χ2n) is 8.80. The Labute approximate surface area is 224 Å². The SMILES string of the molecule is CC(OC(=O)NCc1conc1-c1ccc(OC(C)(Cc2ccccc2)C(=O)O)nc1)c1ccccc1Cl. The number of nitrogens with one attached hydrogen (secondary N) is 1. The molecule has 4 aromatic rings. The molecule has 2 atom stereocenters. The van der Waals surface area contributed by atoms with Crippen molar-refractivity contribution in [2.75, 3.05) is 0 Å². The van der Waals surface area contributed by atoms with Gasteiger partial charge in [-0.05, 0) is 31.5 Å². The Kier molecular flexibility index (Phi) is 8.28. The quantitative estimate of drug-likeness (QED) is 0.259. The second kappa shape index (κ2) is 11.8. The molecule has 10 heteroatoms. The predicted molar refractivity (Wildman–Crippen MR) is 140 cm³/mol. The van der Waals surface area contributed by atoms with Crippen molar-refractivity contribution < 1.29 is 28.7 Å². The van der Waals surface area contributed by atoms with Crippen LogP contribution in [-0.2, 0) is 22.5 Å². The number of carbonyl (C=O) groups excluding carboxylic acids is 1. The molecule has 2 unspecified atom stereocenters. The number of pyridine rings is 1. The van der Waals surface area contributed by atoms with Crippen molar-refractivity contribution in [2.24, 2.45) is 0 Å². The van der Waals surface area contributed by atoms with Gasteiger partial charge in [-0.3, -0.25) is 0 Å². The summed E-state index contributed by atoms with van der Waals surface area (Å²) in [5.41, 5.74) is 1.68. The van der Waals surface area contributed by atoms with Crippen molar-refractivity contribution in [3.63, 3.8) is 0 Å². The molecule has 196 valence electrons. The lowest BCUT2D eigenvalue weighted by Crippen LogP contribution is -2.43. The normalized spacial score (nSPS) is 13.2. The molecule has 2 aromatic carbocycles. The van der Waals surface area contributed by atoms with Crippen LogP contribution in [0.5, 0.6) is 5.88 Å². The van der Waals surface area contributed by atoms with E-state index in [-0.39, 0.29) is 18.8 Å². The minimum atomic E-state index is -1.51. The van der Waals surface area contributed by atoms with Gasteiger partial charge in [-0.1, -0.05) is 65.3 Å². The molecule has 0 radical (unpaired) electrons. The number of carbonyl (C=O) groups is 2. The van der Waals surface area contributed by atoms with Gasteiger partial charge in [0.15, 0.2) is 0 Å². The van der Waals surface area contributed by atoms with E-state index in [0.29, 0.717) is 27.4 Å². The van der Waals surface area contributed by atoms with Gasteiger partial charge in [-0.15, -0.1) is 0 Å². The average molecular weight is 536 g/mol. The van der Waals surface area contributed by atoms with Crippen LogP contribution in [0.25, 0.3) is 11.3 Å². The predicted octanol–water partition coefficient (Wildman–Crippen LogP) is 5.84. The number of hydrogen-bond acceptors (Lipinski definition) is 7. The smallest absolute Gasteiger partial charge is 0.408 e. The molecular weight excluding hydrogens is 510 g/mol. The van der Waals surface area contributed by atoms with Gasteiger partial charge in [0.25, 0.3) is 0 Å². The zero-order valence-electron chi connectivity index (χ0n) is 20.8. The van der Waals surface area contributed by atoms with Gasteiger partial charge < -0.3 is 24.4 Å². The fraction of sp³-hybridized carbons (Fsp3) is 0.214. The van der Waals surface area contributed by atoms with E-state index >= 15 is 0 Å². The number of carboxylic acid groups (broad SMARTS) is 1. The monoisotopic (exact) mass is 535 g/mol. The minimum Gasteiger partial charge on any atom is -0.478 e. The first-order valence-electron chi connectivity index (χ1n) is 11.8. The highest BCUT2D eigenvalue weighted by molar-refractivity contribution is 6.31. The van der Waals surface area contributed by atoms with Crippen molar-refractivity contribution in [3.8, 4) is 17.1 Å². The summed E-state index contributed by atoms with van der Waals surface area (Å²) in [6.07, 6.45) is 1.91. The summed E-state index contributed by atoms with van der Waals surface area (Å²) in [5, 5.41) is 17.0. The average Bonchev–Trinajstić information content (AvgIpc) is 3.37. The Bertz CT molecular complexity index is 1390. The Hall–Kier alpha value is -4.37. The van der Waals surface area contributed by atoms with Crippen LogP contribution < -0.4 is 10.1 Å². The fourth-order valence-electron chi connectivity index (χ4n) is 3.81. The van der Waals surface area contributed by atoms with E-state index in [1.165, 1.54) is 19.4 Å². The van der Waals surface area contributed by atoms with Gasteiger partial charge in [-0.25, -0.2) is 14.6 Å². The summed E-state index contributed by atoms with van der Waals surface area (Å²) in [6.45, 7) is 3.33. The molecule has 0 saturated carbocycles. The van der Waals surface area contributed by atoms with Crippen molar-refractivity contribution >= 4 is 23.7 Å². The van der Waals surface area contributed by atoms with E-state index in [4.69, 9.17) is 25.6 Å². The van der Waals surface area contributed by atoms with E-state index in [2.05, 4.69) is 15.5 Å². The van der Waals surface area contributed by atoms with Gasteiger partial charge in [0.1, 0.15) is 18.1 Å². The van der Waals surface area contributed by atoms with E-state index in [0.717, 1.165) is 5.56 Å². The van der Waals surface area contributed by atoms with Crippen LogP contribution in [0.15, 0.2) is 83.7 Å². The number of amides is 1. The number of carboxylic acids is 1. The molecule has 2 aromatic heterocycles. The number of aromatic nitrogens is 2. The molecular formula is C28H26ClN3O6. The Morgan fingerprint density at radius 1 is 1.11 bits per heavy atom. The van der Waals surface area contributed by atoms with Gasteiger partial charge in [0.05, 0.1) is 6.54 Å².